The molecule has 1 aromatic carbocycles. The zero-order valence-corrected chi connectivity index (χ0v) is 13.5. The molecule has 1 fully saturated rings. The number of hydrogen-bond acceptors (Lipinski definition) is 4. The normalized spacial score (nSPS) is 17.5. The van der Waals surface area contributed by atoms with Gasteiger partial charge in [0, 0.05) is 18.3 Å². The zero-order valence-electron chi connectivity index (χ0n) is 13.5. The van der Waals surface area contributed by atoms with E-state index in [-0.39, 0.29) is 6.04 Å². The van der Waals surface area contributed by atoms with Crippen molar-refractivity contribution in [3.8, 4) is 0 Å². The largest absolute Gasteiger partial charge is 0.465 e. The number of anilines is 1. The average molecular weight is 318 g/mol. The quantitative estimate of drug-likeness (QED) is 0.685. The first kappa shape index (κ1) is 17.0. The van der Waals surface area contributed by atoms with Crippen molar-refractivity contribution in [1.82, 2.24) is 4.90 Å². The summed E-state index contributed by atoms with van der Waals surface area (Å²) >= 11 is 0. The first-order valence-electron chi connectivity index (χ1n) is 7.87. The van der Waals surface area contributed by atoms with E-state index in [0.29, 0.717) is 17.8 Å². The van der Waals surface area contributed by atoms with E-state index in [9.17, 15) is 14.4 Å². The van der Waals surface area contributed by atoms with E-state index in [1.807, 2.05) is 6.92 Å². The molecule has 0 saturated carbocycles. The van der Waals surface area contributed by atoms with Gasteiger partial charge in [-0.3, -0.25) is 9.59 Å². The monoisotopic (exact) mass is 318 g/mol. The van der Waals surface area contributed by atoms with E-state index in [0.717, 1.165) is 25.7 Å². The molecule has 0 aromatic heterocycles. The maximum Gasteiger partial charge on any atom is 0.337 e. The van der Waals surface area contributed by atoms with Gasteiger partial charge in [0.25, 0.3) is 0 Å². The van der Waals surface area contributed by atoms with Gasteiger partial charge in [0.05, 0.1) is 12.7 Å². The van der Waals surface area contributed by atoms with Crippen molar-refractivity contribution in [2.45, 2.75) is 38.6 Å². The number of carbonyl (C=O) groups is 3. The summed E-state index contributed by atoms with van der Waals surface area (Å²) < 4.78 is 4.61. The molecule has 0 bridgehead atoms. The molecule has 1 N–H and O–H groups in total. The highest BCUT2D eigenvalue weighted by Crippen LogP contribution is 2.20. The Balaban J connectivity index is 2.00. The summed E-state index contributed by atoms with van der Waals surface area (Å²) in [6, 6.07) is 6.38. The van der Waals surface area contributed by atoms with Gasteiger partial charge in [-0.2, -0.15) is 0 Å². The van der Waals surface area contributed by atoms with Crippen LogP contribution in [-0.2, 0) is 14.3 Å². The van der Waals surface area contributed by atoms with Crippen LogP contribution in [0.1, 0.15) is 43.0 Å². The van der Waals surface area contributed by atoms with Gasteiger partial charge < -0.3 is 15.0 Å². The number of methoxy groups -OCH3 is 1. The van der Waals surface area contributed by atoms with Gasteiger partial charge in [-0.1, -0.05) is 6.92 Å². The topological polar surface area (TPSA) is 75.7 Å². The lowest BCUT2D eigenvalue weighted by Gasteiger charge is -2.34. The van der Waals surface area contributed by atoms with Crippen molar-refractivity contribution < 1.29 is 19.1 Å². The van der Waals surface area contributed by atoms with Gasteiger partial charge in [0.2, 0.25) is 0 Å². The highest BCUT2D eigenvalue weighted by molar-refractivity contribution is 6.39. The molecule has 1 aliphatic rings. The molecule has 6 nitrogen and oxygen atoms in total. The Labute approximate surface area is 135 Å². The van der Waals surface area contributed by atoms with Crippen LogP contribution in [0.5, 0.6) is 0 Å². The standard InChI is InChI=1S/C17H22N2O4/c1-3-14-6-4-5-11-19(14)16(21)15(20)18-13-9-7-12(8-10-13)17(22)23-2/h7-10,14H,3-6,11H2,1-2H3,(H,18,20). The molecule has 124 valence electrons. The van der Waals surface area contributed by atoms with Crippen molar-refractivity contribution in [1.29, 1.82) is 0 Å². The van der Waals surface area contributed by atoms with E-state index in [2.05, 4.69) is 10.1 Å². The number of carbonyl (C=O) groups excluding carboxylic acids is 3. The second kappa shape index (κ2) is 7.76. The maximum absolute atomic E-state index is 12.3. The predicted molar refractivity (Wildman–Crippen MR) is 86.1 cm³/mol. The average Bonchev–Trinajstić information content (AvgIpc) is 2.60. The van der Waals surface area contributed by atoms with Crippen LogP contribution < -0.4 is 5.32 Å². The number of nitrogens with zero attached hydrogens (tertiary/aromatic N) is 1. The van der Waals surface area contributed by atoms with Gasteiger partial charge in [-0.05, 0) is 49.9 Å². The number of benzene rings is 1. The minimum atomic E-state index is -0.642. The smallest absolute Gasteiger partial charge is 0.337 e. The lowest BCUT2D eigenvalue weighted by molar-refractivity contribution is -0.145. The Morgan fingerprint density at radius 3 is 2.52 bits per heavy atom. The Kier molecular flexibility index (Phi) is 5.73. The molecule has 1 aromatic rings. The van der Waals surface area contributed by atoms with Crippen LogP contribution in [0.15, 0.2) is 24.3 Å². The first-order valence-corrected chi connectivity index (χ1v) is 7.87. The van der Waals surface area contributed by atoms with Gasteiger partial charge in [-0.15, -0.1) is 0 Å². The number of amides is 2. The summed E-state index contributed by atoms with van der Waals surface area (Å²) in [5.41, 5.74) is 0.861. The minimum absolute atomic E-state index is 0.142. The molecule has 1 saturated heterocycles. The summed E-state index contributed by atoms with van der Waals surface area (Å²) in [5, 5.41) is 2.59. The molecule has 2 rings (SSSR count). The van der Waals surface area contributed by atoms with Gasteiger partial charge in [-0.25, -0.2) is 4.79 Å². The Morgan fingerprint density at radius 1 is 1.22 bits per heavy atom. The van der Waals surface area contributed by atoms with E-state index in [1.165, 1.54) is 7.11 Å². The van der Waals surface area contributed by atoms with E-state index >= 15 is 0 Å². The molecule has 1 atom stereocenters. The molecular formula is C17H22N2O4. The number of piperidine rings is 1. The van der Waals surface area contributed by atoms with Crippen LogP contribution in [0.2, 0.25) is 0 Å². The van der Waals surface area contributed by atoms with Crippen LogP contribution >= 0.6 is 0 Å². The van der Waals surface area contributed by atoms with Crippen molar-refractivity contribution in [3.05, 3.63) is 29.8 Å². The number of ether oxygens (including phenoxy) is 1. The first-order chi connectivity index (χ1) is 11.1. The van der Waals surface area contributed by atoms with Crippen molar-refractivity contribution in [2.75, 3.05) is 19.0 Å². The third-order valence-electron chi connectivity index (χ3n) is 4.12. The lowest BCUT2D eigenvalue weighted by atomic mass is 10.00. The number of likely N-dealkylation sites (tertiary alicyclic amines) is 1. The maximum atomic E-state index is 12.3. The van der Waals surface area contributed by atoms with E-state index < -0.39 is 17.8 Å². The molecule has 0 spiro atoms. The van der Waals surface area contributed by atoms with Gasteiger partial charge in [0.15, 0.2) is 0 Å². The highest BCUT2D eigenvalue weighted by Gasteiger charge is 2.29. The number of esters is 1. The fourth-order valence-corrected chi connectivity index (χ4v) is 2.81. The third-order valence-corrected chi connectivity index (χ3v) is 4.12. The molecule has 1 unspecified atom stereocenters. The fraction of sp³-hybridized carbons (Fsp3) is 0.471. The van der Waals surface area contributed by atoms with Gasteiger partial charge >= 0.3 is 17.8 Å². The van der Waals surface area contributed by atoms with E-state index in [4.69, 9.17) is 0 Å². The summed E-state index contributed by atoms with van der Waals surface area (Å²) in [6.07, 6.45) is 3.83. The number of rotatable bonds is 3. The fourth-order valence-electron chi connectivity index (χ4n) is 2.81. The second-order valence-corrected chi connectivity index (χ2v) is 5.58. The molecule has 1 heterocycles. The minimum Gasteiger partial charge on any atom is -0.465 e. The summed E-state index contributed by atoms with van der Waals surface area (Å²) in [5.74, 6) is -1.58. The van der Waals surface area contributed by atoms with Crippen LogP contribution in [0.25, 0.3) is 0 Å². The summed E-state index contributed by atoms with van der Waals surface area (Å²) in [6.45, 7) is 2.66. The van der Waals surface area contributed by atoms with Crippen molar-refractivity contribution in [3.63, 3.8) is 0 Å². The predicted octanol–water partition coefficient (Wildman–Crippen LogP) is 2.20. The second-order valence-electron chi connectivity index (χ2n) is 5.58. The molecule has 1 aliphatic heterocycles. The molecule has 23 heavy (non-hydrogen) atoms. The summed E-state index contributed by atoms with van der Waals surface area (Å²) in [7, 11) is 1.31. The zero-order chi connectivity index (χ0) is 16.8. The van der Waals surface area contributed by atoms with Crippen LogP contribution in [-0.4, -0.2) is 42.4 Å². The number of hydrogen-bond donors (Lipinski definition) is 1. The Bertz CT molecular complexity index is 583. The Hall–Kier alpha value is -2.37. The van der Waals surface area contributed by atoms with E-state index in [1.54, 1.807) is 29.2 Å². The SMILES string of the molecule is CCC1CCCCN1C(=O)C(=O)Nc1ccc(C(=O)OC)cc1. The highest BCUT2D eigenvalue weighted by atomic mass is 16.5. The molecular weight excluding hydrogens is 296 g/mol. The molecule has 6 heteroatoms. The van der Waals surface area contributed by atoms with Crippen LogP contribution in [0, 0.1) is 0 Å². The van der Waals surface area contributed by atoms with Gasteiger partial charge in [0.1, 0.15) is 0 Å². The molecule has 0 aliphatic carbocycles. The van der Waals surface area contributed by atoms with Crippen molar-refractivity contribution >= 4 is 23.5 Å². The molecule has 0 radical (unpaired) electrons. The van der Waals surface area contributed by atoms with Crippen LogP contribution in [0.4, 0.5) is 5.69 Å². The van der Waals surface area contributed by atoms with Crippen molar-refractivity contribution in [2.24, 2.45) is 0 Å². The third kappa shape index (κ3) is 4.09. The Morgan fingerprint density at radius 2 is 1.91 bits per heavy atom. The lowest BCUT2D eigenvalue weighted by Crippen LogP contribution is -2.48. The summed E-state index contributed by atoms with van der Waals surface area (Å²) in [4.78, 5) is 37.5. The molecule has 2 amide bonds. The number of nitrogens with one attached hydrogen (secondary N) is 1. The van der Waals surface area contributed by atoms with Crippen LogP contribution in [0.3, 0.4) is 0 Å².